The van der Waals surface area contributed by atoms with Gasteiger partial charge in [0.25, 0.3) is 0 Å². The molecule has 0 unspecified atom stereocenters. The lowest BCUT2D eigenvalue weighted by Crippen LogP contribution is -1.82. The molecule has 88 valence electrons. The maximum absolute atomic E-state index is 10.6. The summed E-state index contributed by atoms with van der Waals surface area (Å²) in [5.74, 6) is 0.197. The second-order valence-corrected chi connectivity index (χ2v) is 3.60. The summed E-state index contributed by atoms with van der Waals surface area (Å²) >= 11 is 0. The zero-order chi connectivity index (χ0) is 12.1. The summed E-state index contributed by atoms with van der Waals surface area (Å²) in [7, 11) is 0. The van der Waals surface area contributed by atoms with Crippen LogP contribution >= 0.6 is 0 Å². The van der Waals surface area contributed by atoms with E-state index in [2.05, 4.69) is 25.2 Å². The van der Waals surface area contributed by atoms with E-state index in [1.165, 1.54) is 0 Å². The first-order valence-electron chi connectivity index (χ1n) is 5.90. The summed E-state index contributed by atoms with van der Waals surface area (Å²) < 4.78 is 0. The van der Waals surface area contributed by atoms with E-state index in [0.717, 1.165) is 19.3 Å². The highest BCUT2D eigenvalue weighted by molar-refractivity contribution is 5.77. The van der Waals surface area contributed by atoms with Crippen molar-refractivity contribution in [3.63, 3.8) is 0 Å². The van der Waals surface area contributed by atoms with Crippen LogP contribution in [0.1, 0.15) is 39.5 Å². The molecule has 0 saturated carbocycles. The van der Waals surface area contributed by atoms with Crippen molar-refractivity contribution in [1.29, 1.82) is 0 Å². The highest BCUT2D eigenvalue weighted by atomic mass is 16.1. The molecule has 0 spiro atoms. The lowest BCUT2D eigenvalue weighted by molar-refractivity contribution is -0.116. The third-order valence-corrected chi connectivity index (χ3v) is 1.91. The van der Waals surface area contributed by atoms with E-state index in [9.17, 15) is 4.79 Å². The Morgan fingerprint density at radius 1 is 0.875 bits per heavy atom. The lowest BCUT2D eigenvalue weighted by atomic mass is 10.2. The molecule has 0 heterocycles. The summed E-state index contributed by atoms with van der Waals surface area (Å²) in [5.41, 5.74) is 0. The van der Waals surface area contributed by atoms with Gasteiger partial charge in [-0.1, -0.05) is 55.5 Å². The number of ketones is 1. The molecule has 0 atom stereocenters. The number of unbranched alkanes of at least 4 members (excludes halogenated alkanes) is 1. The zero-order valence-electron chi connectivity index (χ0n) is 10.4. The number of rotatable bonds is 8. The van der Waals surface area contributed by atoms with Gasteiger partial charge in [0.05, 0.1) is 0 Å². The van der Waals surface area contributed by atoms with Crippen LogP contribution in [0.4, 0.5) is 0 Å². The first-order valence-corrected chi connectivity index (χ1v) is 5.90. The average molecular weight is 218 g/mol. The Morgan fingerprint density at radius 3 is 2.12 bits per heavy atom. The molecule has 16 heavy (non-hydrogen) atoms. The van der Waals surface area contributed by atoms with E-state index in [1.54, 1.807) is 6.92 Å². The van der Waals surface area contributed by atoms with E-state index >= 15 is 0 Å². The van der Waals surface area contributed by atoms with Crippen LogP contribution in [0.25, 0.3) is 0 Å². The Morgan fingerprint density at radius 2 is 1.50 bits per heavy atom. The summed E-state index contributed by atoms with van der Waals surface area (Å²) in [6.07, 6.45) is 20.1. The Labute approximate surface area is 99.3 Å². The highest BCUT2D eigenvalue weighted by Gasteiger charge is 1.82. The predicted molar refractivity (Wildman–Crippen MR) is 71.4 cm³/mol. The van der Waals surface area contributed by atoms with E-state index in [1.807, 2.05) is 30.4 Å². The largest absolute Gasteiger partial charge is 0.300 e. The molecular formula is C15H22O. The normalized spacial score (nSPS) is 12.6. The van der Waals surface area contributed by atoms with Crippen molar-refractivity contribution in [2.75, 3.05) is 0 Å². The lowest BCUT2D eigenvalue weighted by Gasteiger charge is -1.84. The second kappa shape index (κ2) is 11.7. The summed E-state index contributed by atoms with van der Waals surface area (Å²) in [4.78, 5) is 10.6. The van der Waals surface area contributed by atoms with Crippen LogP contribution in [-0.2, 0) is 4.79 Å². The van der Waals surface area contributed by atoms with Gasteiger partial charge >= 0.3 is 0 Å². The number of hydrogen-bond acceptors (Lipinski definition) is 1. The van der Waals surface area contributed by atoms with Crippen molar-refractivity contribution in [3.05, 3.63) is 48.6 Å². The minimum absolute atomic E-state index is 0.197. The van der Waals surface area contributed by atoms with Crippen LogP contribution in [0, 0.1) is 0 Å². The number of hydrogen-bond donors (Lipinski definition) is 0. The minimum atomic E-state index is 0.197. The van der Waals surface area contributed by atoms with E-state index < -0.39 is 0 Å². The molecule has 0 bridgehead atoms. The van der Waals surface area contributed by atoms with Gasteiger partial charge < -0.3 is 0 Å². The fourth-order valence-electron chi connectivity index (χ4n) is 1.09. The molecule has 1 heteroatoms. The van der Waals surface area contributed by atoms with Gasteiger partial charge in [-0.3, -0.25) is 4.79 Å². The molecule has 0 N–H and O–H groups in total. The molecule has 0 saturated heterocycles. The van der Waals surface area contributed by atoms with Crippen LogP contribution in [0.15, 0.2) is 48.6 Å². The van der Waals surface area contributed by atoms with E-state index in [0.29, 0.717) is 6.42 Å². The van der Waals surface area contributed by atoms with Crippen LogP contribution in [0.5, 0.6) is 0 Å². The number of carbonyl (C=O) groups is 1. The molecule has 0 rings (SSSR count). The third kappa shape index (κ3) is 12.6. The summed E-state index contributed by atoms with van der Waals surface area (Å²) in [5, 5.41) is 0. The van der Waals surface area contributed by atoms with Crippen LogP contribution in [0.3, 0.4) is 0 Å². The van der Waals surface area contributed by atoms with Crippen molar-refractivity contribution < 1.29 is 4.79 Å². The number of allylic oxidation sites excluding steroid dienone is 8. The maximum Gasteiger partial charge on any atom is 0.133 e. The number of Topliss-reactive ketones (excluding diaryl/α,β-unsaturated/α-hetero) is 1. The van der Waals surface area contributed by atoms with Crippen LogP contribution < -0.4 is 0 Å². The fourth-order valence-corrected chi connectivity index (χ4v) is 1.09. The third-order valence-electron chi connectivity index (χ3n) is 1.91. The molecule has 0 aliphatic carbocycles. The summed E-state index contributed by atoms with van der Waals surface area (Å²) in [6.45, 7) is 3.74. The van der Waals surface area contributed by atoms with E-state index in [4.69, 9.17) is 0 Å². The van der Waals surface area contributed by atoms with Crippen molar-refractivity contribution in [1.82, 2.24) is 0 Å². The van der Waals surface area contributed by atoms with Gasteiger partial charge in [-0.05, 0) is 26.2 Å². The molecule has 0 aliphatic rings. The Balaban J connectivity index is 3.51. The fraction of sp³-hybridized carbons (Fsp3) is 0.400. The molecule has 0 aromatic rings. The molecule has 0 fully saturated rings. The summed E-state index contributed by atoms with van der Waals surface area (Å²) in [6, 6.07) is 0. The Kier molecular flexibility index (Phi) is 10.7. The predicted octanol–water partition coefficient (Wildman–Crippen LogP) is 4.38. The van der Waals surface area contributed by atoms with Gasteiger partial charge in [-0.2, -0.15) is 0 Å². The highest BCUT2D eigenvalue weighted by Crippen LogP contribution is 1.94. The Hall–Kier alpha value is -1.37. The standard InChI is InChI=1S/C15H22O/c1-3-4-5-6-7-8-9-10-11-12-13-14-15(2)16/h4-5,8-13H,3,6-7,14H2,1-2H3/b5-4+,9-8+,11-10+,13-12+. The molecule has 0 radical (unpaired) electrons. The van der Waals surface area contributed by atoms with Crippen LogP contribution in [-0.4, -0.2) is 5.78 Å². The van der Waals surface area contributed by atoms with Gasteiger partial charge in [0.1, 0.15) is 5.78 Å². The van der Waals surface area contributed by atoms with Gasteiger partial charge in [0.2, 0.25) is 0 Å². The second-order valence-electron chi connectivity index (χ2n) is 3.60. The topological polar surface area (TPSA) is 17.1 Å². The van der Waals surface area contributed by atoms with E-state index in [-0.39, 0.29) is 5.78 Å². The molecule has 0 amide bonds. The average Bonchev–Trinajstić information content (AvgIpc) is 2.25. The molecular weight excluding hydrogens is 196 g/mol. The van der Waals surface area contributed by atoms with Gasteiger partial charge in [-0.25, -0.2) is 0 Å². The maximum atomic E-state index is 10.6. The van der Waals surface area contributed by atoms with Gasteiger partial charge in [0.15, 0.2) is 0 Å². The quantitative estimate of drug-likeness (QED) is 0.335. The Bertz CT molecular complexity index is 280. The molecule has 0 aliphatic heterocycles. The molecule has 1 nitrogen and oxygen atoms in total. The zero-order valence-corrected chi connectivity index (χ0v) is 10.4. The van der Waals surface area contributed by atoms with Gasteiger partial charge in [-0.15, -0.1) is 0 Å². The SMILES string of the molecule is CC/C=C/CC/C=C/C=C/C=C/CC(C)=O. The first kappa shape index (κ1) is 14.6. The first-order chi connectivity index (χ1) is 7.77. The van der Waals surface area contributed by atoms with Crippen molar-refractivity contribution in [2.24, 2.45) is 0 Å². The van der Waals surface area contributed by atoms with Gasteiger partial charge in [0, 0.05) is 6.42 Å². The van der Waals surface area contributed by atoms with Crippen LogP contribution in [0.2, 0.25) is 0 Å². The minimum Gasteiger partial charge on any atom is -0.300 e. The monoisotopic (exact) mass is 218 g/mol. The smallest absolute Gasteiger partial charge is 0.133 e. The number of carbonyl (C=O) groups excluding carboxylic acids is 1. The molecule has 0 aromatic carbocycles. The molecule has 0 aromatic heterocycles. The van der Waals surface area contributed by atoms with Crippen molar-refractivity contribution in [3.8, 4) is 0 Å². The van der Waals surface area contributed by atoms with Crippen molar-refractivity contribution in [2.45, 2.75) is 39.5 Å². The van der Waals surface area contributed by atoms with Crippen molar-refractivity contribution >= 4 is 5.78 Å².